The van der Waals surface area contributed by atoms with Gasteiger partial charge in [-0.1, -0.05) is 25.4 Å². The van der Waals surface area contributed by atoms with Crippen LogP contribution in [-0.2, 0) is 6.54 Å². The maximum Gasteiger partial charge on any atom is 0.132 e. The summed E-state index contributed by atoms with van der Waals surface area (Å²) in [5, 5.41) is 4.08. The quantitative estimate of drug-likeness (QED) is 0.843. The summed E-state index contributed by atoms with van der Waals surface area (Å²) in [5.74, 6) is 2.38. The van der Waals surface area contributed by atoms with Crippen LogP contribution in [0.4, 0.5) is 0 Å². The van der Waals surface area contributed by atoms with E-state index < -0.39 is 0 Å². The molecule has 0 spiro atoms. The van der Waals surface area contributed by atoms with Gasteiger partial charge in [0.2, 0.25) is 0 Å². The van der Waals surface area contributed by atoms with Crippen LogP contribution in [0.3, 0.4) is 0 Å². The Morgan fingerprint density at radius 2 is 1.71 bits per heavy atom. The zero-order chi connectivity index (χ0) is 15.2. The van der Waals surface area contributed by atoms with Gasteiger partial charge in [0.25, 0.3) is 0 Å². The van der Waals surface area contributed by atoms with E-state index in [0.717, 1.165) is 22.8 Å². The third-order valence-corrected chi connectivity index (χ3v) is 3.25. The van der Waals surface area contributed by atoms with Gasteiger partial charge < -0.3 is 14.8 Å². The van der Waals surface area contributed by atoms with Crippen LogP contribution < -0.4 is 14.8 Å². The molecule has 0 aliphatic heterocycles. The lowest BCUT2D eigenvalue weighted by Crippen LogP contribution is -2.22. The molecule has 0 saturated heterocycles. The second-order valence-corrected chi connectivity index (χ2v) is 5.50. The Balaban J connectivity index is 2.17. The van der Waals surface area contributed by atoms with Crippen LogP contribution in [0, 0.1) is 0 Å². The largest absolute Gasteiger partial charge is 0.497 e. The van der Waals surface area contributed by atoms with Gasteiger partial charge in [-0.15, -0.1) is 0 Å². The number of methoxy groups -OCH3 is 1. The number of rotatable bonds is 6. The second-order valence-electron chi connectivity index (χ2n) is 5.07. The lowest BCUT2D eigenvalue weighted by Gasteiger charge is -2.14. The van der Waals surface area contributed by atoms with E-state index in [2.05, 4.69) is 19.2 Å². The van der Waals surface area contributed by atoms with E-state index in [4.69, 9.17) is 21.1 Å². The van der Waals surface area contributed by atoms with Crippen molar-refractivity contribution in [2.75, 3.05) is 7.11 Å². The first kappa shape index (κ1) is 15.7. The molecular formula is C17H20ClNO2. The van der Waals surface area contributed by atoms with Crippen LogP contribution >= 0.6 is 11.6 Å². The van der Waals surface area contributed by atoms with Crippen LogP contribution in [0.2, 0.25) is 5.02 Å². The Hall–Kier alpha value is -1.71. The highest BCUT2D eigenvalue weighted by molar-refractivity contribution is 6.30. The van der Waals surface area contributed by atoms with Crippen molar-refractivity contribution in [1.82, 2.24) is 5.32 Å². The summed E-state index contributed by atoms with van der Waals surface area (Å²) < 4.78 is 11.1. The standard InChI is InChI=1S/C17H20ClNO2/c1-12(2)19-11-13-10-14(18)4-9-17(13)21-16-7-5-15(20-3)6-8-16/h4-10,12,19H,11H2,1-3H3. The van der Waals surface area contributed by atoms with Crippen LogP contribution in [0.25, 0.3) is 0 Å². The van der Waals surface area contributed by atoms with Crippen molar-refractivity contribution in [3.05, 3.63) is 53.1 Å². The van der Waals surface area contributed by atoms with E-state index in [1.807, 2.05) is 42.5 Å². The average Bonchev–Trinajstić information content (AvgIpc) is 2.48. The topological polar surface area (TPSA) is 30.5 Å². The molecular weight excluding hydrogens is 286 g/mol. The molecule has 2 aromatic rings. The molecule has 0 amide bonds. The lowest BCUT2D eigenvalue weighted by molar-refractivity contribution is 0.412. The van der Waals surface area contributed by atoms with Gasteiger partial charge in [-0.05, 0) is 42.5 Å². The Kier molecular flexibility index (Phi) is 5.48. The number of nitrogens with one attached hydrogen (secondary N) is 1. The van der Waals surface area contributed by atoms with Crippen molar-refractivity contribution in [3.8, 4) is 17.2 Å². The van der Waals surface area contributed by atoms with Gasteiger partial charge in [0.1, 0.15) is 17.2 Å². The molecule has 4 heteroatoms. The van der Waals surface area contributed by atoms with Crippen molar-refractivity contribution in [1.29, 1.82) is 0 Å². The van der Waals surface area contributed by atoms with E-state index in [-0.39, 0.29) is 0 Å². The predicted molar refractivity (Wildman–Crippen MR) is 86.5 cm³/mol. The average molecular weight is 306 g/mol. The molecule has 112 valence electrons. The molecule has 0 saturated carbocycles. The maximum absolute atomic E-state index is 6.07. The zero-order valence-electron chi connectivity index (χ0n) is 12.5. The molecule has 2 aromatic carbocycles. The smallest absolute Gasteiger partial charge is 0.132 e. The summed E-state index contributed by atoms with van der Waals surface area (Å²) in [6, 6.07) is 13.6. The van der Waals surface area contributed by atoms with E-state index in [9.17, 15) is 0 Å². The highest BCUT2D eigenvalue weighted by atomic mass is 35.5. The van der Waals surface area contributed by atoms with Crippen molar-refractivity contribution in [3.63, 3.8) is 0 Å². The first-order chi connectivity index (χ1) is 10.1. The van der Waals surface area contributed by atoms with E-state index in [1.54, 1.807) is 7.11 Å². The third kappa shape index (κ3) is 4.66. The van der Waals surface area contributed by atoms with Gasteiger partial charge in [-0.2, -0.15) is 0 Å². The fraction of sp³-hybridized carbons (Fsp3) is 0.294. The van der Waals surface area contributed by atoms with Crippen LogP contribution in [0.1, 0.15) is 19.4 Å². The molecule has 0 fully saturated rings. The summed E-state index contributed by atoms with van der Waals surface area (Å²) in [4.78, 5) is 0. The molecule has 3 nitrogen and oxygen atoms in total. The molecule has 0 aliphatic rings. The molecule has 0 bridgehead atoms. The fourth-order valence-corrected chi connectivity index (χ4v) is 2.07. The Morgan fingerprint density at radius 1 is 1.05 bits per heavy atom. The fourth-order valence-electron chi connectivity index (χ4n) is 1.87. The highest BCUT2D eigenvalue weighted by Gasteiger charge is 2.07. The van der Waals surface area contributed by atoms with Crippen LogP contribution in [-0.4, -0.2) is 13.2 Å². The first-order valence-corrected chi connectivity index (χ1v) is 7.30. The van der Waals surface area contributed by atoms with Crippen molar-refractivity contribution in [2.45, 2.75) is 26.4 Å². The minimum absolute atomic E-state index is 0.401. The second kappa shape index (κ2) is 7.34. The van der Waals surface area contributed by atoms with Crippen molar-refractivity contribution >= 4 is 11.6 Å². The SMILES string of the molecule is COc1ccc(Oc2ccc(Cl)cc2CNC(C)C)cc1. The van der Waals surface area contributed by atoms with Gasteiger partial charge in [-0.25, -0.2) is 0 Å². The molecule has 0 unspecified atom stereocenters. The van der Waals surface area contributed by atoms with Crippen LogP contribution in [0.15, 0.2) is 42.5 Å². The summed E-state index contributed by atoms with van der Waals surface area (Å²) >= 11 is 6.07. The molecule has 0 aliphatic carbocycles. The van der Waals surface area contributed by atoms with Crippen LogP contribution in [0.5, 0.6) is 17.2 Å². The third-order valence-electron chi connectivity index (χ3n) is 3.01. The molecule has 0 heterocycles. The van der Waals surface area contributed by atoms with Gasteiger partial charge in [0.05, 0.1) is 7.11 Å². The number of benzene rings is 2. The molecule has 2 rings (SSSR count). The normalized spacial score (nSPS) is 10.7. The van der Waals surface area contributed by atoms with Gasteiger partial charge >= 0.3 is 0 Å². The minimum atomic E-state index is 0.401. The van der Waals surface area contributed by atoms with Gasteiger partial charge in [0, 0.05) is 23.2 Å². The van der Waals surface area contributed by atoms with Crippen molar-refractivity contribution in [2.24, 2.45) is 0 Å². The number of hydrogen-bond acceptors (Lipinski definition) is 3. The number of hydrogen-bond donors (Lipinski definition) is 1. The number of halogens is 1. The first-order valence-electron chi connectivity index (χ1n) is 6.92. The Bertz CT molecular complexity index is 582. The Labute approximate surface area is 130 Å². The lowest BCUT2D eigenvalue weighted by atomic mass is 10.2. The monoisotopic (exact) mass is 305 g/mol. The molecule has 0 atom stereocenters. The van der Waals surface area contributed by atoms with Gasteiger partial charge in [0.15, 0.2) is 0 Å². The summed E-state index contributed by atoms with van der Waals surface area (Å²) in [6.45, 7) is 4.92. The summed E-state index contributed by atoms with van der Waals surface area (Å²) in [6.07, 6.45) is 0. The molecule has 1 N–H and O–H groups in total. The number of ether oxygens (including phenoxy) is 2. The summed E-state index contributed by atoms with van der Waals surface area (Å²) in [7, 11) is 1.64. The van der Waals surface area contributed by atoms with E-state index >= 15 is 0 Å². The summed E-state index contributed by atoms with van der Waals surface area (Å²) in [5.41, 5.74) is 1.03. The van der Waals surface area contributed by atoms with Crippen molar-refractivity contribution < 1.29 is 9.47 Å². The molecule has 0 radical (unpaired) electrons. The maximum atomic E-state index is 6.07. The highest BCUT2D eigenvalue weighted by Crippen LogP contribution is 2.29. The Morgan fingerprint density at radius 3 is 2.33 bits per heavy atom. The molecule has 21 heavy (non-hydrogen) atoms. The molecule has 0 aromatic heterocycles. The van der Waals surface area contributed by atoms with E-state index in [0.29, 0.717) is 17.6 Å². The predicted octanol–water partition coefficient (Wildman–Crippen LogP) is 4.64. The van der Waals surface area contributed by atoms with E-state index in [1.165, 1.54) is 0 Å². The van der Waals surface area contributed by atoms with Gasteiger partial charge in [-0.3, -0.25) is 0 Å². The minimum Gasteiger partial charge on any atom is -0.497 e. The zero-order valence-corrected chi connectivity index (χ0v) is 13.3.